The van der Waals surface area contributed by atoms with Crippen LogP contribution in [0.5, 0.6) is 11.5 Å². The average Bonchev–Trinajstić information content (AvgIpc) is 2.71. The van der Waals surface area contributed by atoms with Crippen LogP contribution in [-0.2, 0) is 10.0 Å². The van der Waals surface area contributed by atoms with E-state index in [0.717, 1.165) is 11.8 Å². The summed E-state index contributed by atoms with van der Waals surface area (Å²) in [5, 5.41) is 6.40. The molecule has 3 rings (SSSR count). The molecule has 9 nitrogen and oxygen atoms in total. The maximum atomic E-state index is 11.7. The van der Waals surface area contributed by atoms with Gasteiger partial charge in [-0.3, -0.25) is 4.72 Å². The Morgan fingerprint density at radius 3 is 2.39 bits per heavy atom. The minimum Gasteiger partial charge on any atom is -0.497 e. The Balaban J connectivity index is 1.91. The molecule has 11 heteroatoms. The Morgan fingerprint density at radius 1 is 0.968 bits per heavy atom. The Bertz CT molecular complexity index is 1200. The van der Waals surface area contributed by atoms with Gasteiger partial charge in [0.15, 0.2) is 5.82 Å². The third-order valence-electron chi connectivity index (χ3n) is 4.12. The van der Waals surface area contributed by atoms with Crippen molar-refractivity contribution >= 4 is 50.5 Å². The van der Waals surface area contributed by atoms with Gasteiger partial charge < -0.3 is 20.1 Å². The lowest BCUT2D eigenvalue weighted by atomic mass is 10.2. The Kier molecular flexibility index (Phi) is 6.71. The van der Waals surface area contributed by atoms with Crippen LogP contribution in [0.25, 0.3) is 0 Å². The number of hydrogen-bond donors (Lipinski definition) is 3. The number of anilines is 5. The monoisotopic (exact) mass is 463 g/mol. The molecule has 0 bridgehead atoms. The highest BCUT2D eigenvalue weighted by atomic mass is 35.5. The SMILES string of the molecule is COc1ccc(Nc2ncc(Cl)c(Nc3ccc(C)cc3NS(C)(=O)=O)n2)c(OC)c1. The number of nitrogens with zero attached hydrogens (tertiary/aromatic N) is 2. The molecule has 0 atom stereocenters. The van der Waals surface area contributed by atoms with E-state index in [-0.39, 0.29) is 11.0 Å². The molecule has 0 aliphatic carbocycles. The lowest BCUT2D eigenvalue weighted by Crippen LogP contribution is -2.11. The Hall–Kier alpha value is -3.24. The Labute approximate surface area is 185 Å². The first-order valence-corrected chi connectivity index (χ1v) is 11.3. The molecule has 0 saturated carbocycles. The topological polar surface area (TPSA) is 114 Å². The normalized spacial score (nSPS) is 11.0. The summed E-state index contributed by atoms with van der Waals surface area (Å²) in [4.78, 5) is 8.61. The van der Waals surface area contributed by atoms with E-state index >= 15 is 0 Å². The largest absolute Gasteiger partial charge is 0.497 e. The number of aryl methyl sites for hydroxylation is 1. The zero-order valence-electron chi connectivity index (χ0n) is 17.4. The van der Waals surface area contributed by atoms with E-state index < -0.39 is 10.0 Å². The second-order valence-corrected chi connectivity index (χ2v) is 8.79. The Morgan fingerprint density at radius 2 is 1.71 bits per heavy atom. The number of methoxy groups -OCH3 is 2. The quantitative estimate of drug-likeness (QED) is 0.452. The van der Waals surface area contributed by atoms with Crippen LogP contribution in [0, 0.1) is 6.92 Å². The number of aromatic nitrogens is 2. The molecule has 3 N–H and O–H groups in total. The predicted molar refractivity (Wildman–Crippen MR) is 123 cm³/mol. The minimum absolute atomic E-state index is 0.262. The zero-order chi connectivity index (χ0) is 22.6. The van der Waals surface area contributed by atoms with Crippen LogP contribution in [0.4, 0.5) is 28.8 Å². The van der Waals surface area contributed by atoms with Crippen molar-refractivity contribution < 1.29 is 17.9 Å². The van der Waals surface area contributed by atoms with Gasteiger partial charge >= 0.3 is 0 Å². The molecule has 0 spiro atoms. The van der Waals surface area contributed by atoms with Crippen molar-refractivity contribution in [3.05, 3.63) is 53.2 Å². The summed E-state index contributed by atoms with van der Waals surface area (Å²) in [7, 11) is -0.359. The van der Waals surface area contributed by atoms with E-state index in [2.05, 4.69) is 25.3 Å². The summed E-state index contributed by atoms with van der Waals surface area (Å²) in [6.07, 6.45) is 2.52. The number of halogens is 1. The van der Waals surface area contributed by atoms with Gasteiger partial charge in [0.2, 0.25) is 16.0 Å². The van der Waals surface area contributed by atoms with E-state index in [1.54, 1.807) is 44.6 Å². The molecule has 0 fully saturated rings. The van der Waals surface area contributed by atoms with Gasteiger partial charge in [-0.15, -0.1) is 0 Å². The molecule has 31 heavy (non-hydrogen) atoms. The summed E-state index contributed by atoms with van der Waals surface area (Å²) in [6, 6.07) is 10.6. The highest BCUT2D eigenvalue weighted by Crippen LogP contribution is 2.33. The third-order valence-corrected chi connectivity index (χ3v) is 4.99. The molecule has 0 radical (unpaired) electrons. The molecule has 0 amide bonds. The smallest absolute Gasteiger partial charge is 0.229 e. The number of hydrogen-bond acceptors (Lipinski definition) is 8. The molecule has 2 aromatic carbocycles. The standard InChI is InChI=1S/C20H22ClN5O4S/c1-12-5-7-15(17(9-12)26-31(4,27)28)23-19-14(21)11-22-20(25-19)24-16-8-6-13(29-2)10-18(16)30-3/h5-11,26H,1-4H3,(H2,22,23,24,25). The maximum absolute atomic E-state index is 11.7. The second-order valence-electron chi connectivity index (χ2n) is 6.63. The molecule has 0 aliphatic heterocycles. The summed E-state index contributed by atoms with van der Waals surface area (Å²) < 4.78 is 36.5. The van der Waals surface area contributed by atoms with Gasteiger partial charge in [-0.05, 0) is 36.8 Å². The van der Waals surface area contributed by atoms with Crippen LogP contribution in [0.15, 0.2) is 42.6 Å². The molecule has 0 unspecified atom stereocenters. The molecular weight excluding hydrogens is 442 g/mol. The van der Waals surface area contributed by atoms with Crippen molar-refractivity contribution in [2.45, 2.75) is 6.92 Å². The van der Waals surface area contributed by atoms with Crippen molar-refractivity contribution in [2.75, 3.05) is 35.8 Å². The fourth-order valence-electron chi connectivity index (χ4n) is 2.72. The van der Waals surface area contributed by atoms with Gasteiger partial charge in [0.05, 0.1) is 43.7 Å². The maximum Gasteiger partial charge on any atom is 0.229 e. The number of benzene rings is 2. The highest BCUT2D eigenvalue weighted by molar-refractivity contribution is 7.92. The van der Waals surface area contributed by atoms with Crippen LogP contribution in [0.2, 0.25) is 5.02 Å². The van der Waals surface area contributed by atoms with Crippen molar-refractivity contribution in [1.29, 1.82) is 0 Å². The van der Waals surface area contributed by atoms with Gasteiger partial charge in [-0.1, -0.05) is 17.7 Å². The number of ether oxygens (including phenoxy) is 2. The van der Waals surface area contributed by atoms with Crippen molar-refractivity contribution in [1.82, 2.24) is 9.97 Å². The molecular formula is C20H22ClN5O4S. The van der Waals surface area contributed by atoms with Crippen molar-refractivity contribution in [3.8, 4) is 11.5 Å². The van der Waals surface area contributed by atoms with Gasteiger partial charge in [-0.2, -0.15) is 4.98 Å². The van der Waals surface area contributed by atoms with E-state index in [0.29, 0.717) is 34.4 Å². The van der Waals surface area contributed by atoms with E-state index in [4.69, 9.17) is 21.1 Å². The predicted octanol–water partition coefficient (Wildman–Crippen LogP) is 4.31. The van der Waals surface area contributed by atoms with Gasteiger partial charge in [-0.25, -0.2) is 13.4 Å². The van der Waals surface area contributed by atoms with E-state index in [1.807, 2.05) is 13.0 Å². The summed E-state index contributed by atoms with van der Waals surface area (Å²) in [5.41, 5.74) is 2.39. The first-order chi connectivity index (χ1) is 14.7. The first-order valence-electron chi connectivity index (χ1n) is 9.05. The van der Waals surface area contributed by atoms with Crippen molar-refractivity contribution in [3.63, 3.8) is 0 Å². The number of sulfonamides is 1. The summed E-state index contributed by atoms with van der Waals surface area (Å²) in [6.45, 7) is 1.86. The molecule has 164 valence electrons. The van der Waals surface area contributed by atoms with Crippen LogP contribution < -0.4 is 24.8 Å². The number of rotatable bonds is 8. The zero-order valence-corrected chi connectivity index (χ0v) is 18.9. The summed E-state index contributed by atoms with van der Waals surface area (Å²) >= 11 is 6.27. The highest BCUT2D eigenvalue weighted by Gasteiger charge is 2.13. The van der Waals surface area contributed by atoms with Gasteiger partial charge in [0, 0.05) is 6.07 Å². The van der Waals surface area contributed by atoms with Crippen LogP contribution in [0.1, 0.15) is 5.56 Å². The van der Waals surface area contributed by atoms with Crippen LogP contribution in [-0.4, -0.2) is 38.9 Å². The van der Waals surface area contributed by atoms with E-state index in [1.165, 1.54) is 6.20 Å². The molecule has 1 heterocycles. The van der Waals surface area contributed by atoms with Crippen molar-refractivity contribution in [2.24, 2.45) is 0 Å². The molecule has 0 aliphatic rings. The number of nitrogens with one attached hydrogen (secondary N) is 3. The lowest BCUT2D eigenvalue weighted by molar-refractivity contribution is 0.395. The average molecular weight is 464 g/mol. The van der Waals surface area contributed by atoms with Gasteiger partial charge in [0.1, 0.15) is 16.5 Å². The lowest BCUT2D eigenvalue weighted by Gasteiger charge is -2.15. The minimum atomic E-state index is -3.47. The molecule has 3 aromatic rings. The molecule has 1 aromatic heterocycles. The van der Waals surface area contributed by atoms with E-state index in [9.17, 15) is 8.42 Å². The third kappa shape index (κ3) is 5.89. The first kappa shape index (κ1) is 22.4. The fourth-order valence-corrected chi connectivity index (χ4v) is 3.42. The summed E-state index contributed by atoms with van der Waals surface area (Å²) in [5.74, 6) is 1.75. The van der Waals surface area contributed by atoms with Crippen LogP contribution in [0.3, 0.4) is 0 Å². The van der Waals surface area contributed by atoms with Crippen LogP contribution >= 0.6 is 11.6 Å². The van der Waals surface area contributed by atoms with Gasteiger partial charge in [0.25, 0.3) is 0 Å². The molecule has 0 saturated heterocycles. The fraction of sp³-hybridized carbons (Fsp3) is 0.200. The second kappa shape index (κ2) is 9.27.